The van der Waals surface area contributed by atoms with Crippen LogP contribution in [0.2, 0.25) is 0 Å². The highest BCUT2D eigenvalue weighted by atomic mass is 19.1. The fourth-order valence-electron chi connectivity index (χ4n) is 6.12. The van der Waals surface area contributed by atoms with Gasteiger partial charge in [-0.25, -0.2) is 9.07 Å². The van der Waals surface area contributed by atoms with E-state index in [4.69, 9.17) is 15.6 Å². The van der Waals surface area contributed by atoms with Gasteiger partial charge in [-0.05, 0) is 80.5 Å². The largest absolute Gasteiger partial charge is 0.371 e. The summed E-state index contributed by atoms with van der Waals surface area (Å²) in [5.41, 5.74) is 9.51. The number of benzene rings is 2. The Bertz CT molecular complexity index is 1330. The molecule has 2 heterocycles. The Morgan fingerprint density at radius 3 is 2.50 bits per heavy atom. The fraction of sp³-hybridized carbons (Fsp3) is 0.452. The SMILES string of the molecule is N#Cc1ccc(-c2cc(NCC3(CCN)CCCC3)nn2-c2ccc(N3CCC(OCC=O)CC3)cc2)cc1F. The van der Waals surface area contributed by atoms with Gasteiger partial charge in [0.2, 0.25) is 0 Å². The van der Waals surface area contributed by atoms with Gasteiger partial charge in [0.1, 0.15) is 30.6 Å². The van der Waals surface area contributed by atoms with Crippen molar-refractivity contribution < 1.29 is 13.9 Å². The number of carbonyl (C=O) groups excluding carboxylic acids is 1. The molecule has 1 saturated carbocycles. The minimum atomic E-state index is -0.550. The van der Waals surface area contributed by atoms with Gasteiger partial charge in [-0.1, -0.05) is 18.9 Å². The van der Waals surface area contributed by atoms with Crippen LogP contribution in [0.4, 0.5) is 15.9 Å². The zero-order valence-electron chi connectivity index (χ0n) is 22.8. The quantitative estimate of drug-likeness (QED) is 0.325. The van der Waals surface area contributed by atoms with E-state index in [0.717, 1.165) is 80.9 Å². The molecule has 1 aromatic heterocycles. The van der Waals surface area contributed by atoms with Crippen molar-refractivity contribution in [1.29, 1.82) is 5.26 Å². The third kappa shape index (κ3) is 6.19. The average Bonchev–Trinajstić information content (AvgIpc) is 3.63. The Kier molecular flexibility index (Phi) is 8.78. The van der Waals surface area contributed by atoms with Crippen LogP contribution in [0.25, 0.3) is 16.9 Å². The van der Waals surface area contributed by atoms with Crippen LogP contribution in [-0.4, -0.2) is 55.0 Å². The summed E-state index contributed by atoms with van der Waals surface area (Å²) in [6.07, 6.45) is 8.43. The maximum absolute atomic E-state index is 14.6. The number of halogens is 1. The Morgan fingerprint density at radius 1 is 1.12 bits per heavy atom. The lowest BCUT2D eigenvalue weighted by atomic mass is 9.82. The molecule has 0 amide bonds. The molecule has 40 heavy (non-hydrogen) atoms. The number of nitrogens with one attached hydrogen (secondary N) is 1. The number of aromatic nitrogens is 2. The van der Waals surface area contributed by atoms with Crippen molar-refractivity contribution in [2.24, 2.45) is 11.1 Å². The smallest absolute Gasteiger partial charge is 0.149 e. The summed E-state index contributed by atoms with van der Waals surface area (Å²) in [5, 5.41) is 17.6. The van der Waals surface area contributed by atoms with Gasteiger partial charge < -0.3 is 25.5 Å². The van der Waals surface area contributed by atoms with Gasteiger partial charge >= 0.3 is 0 Å². The maximum Gasteiger partial charge on any atom is 0.149 e. The zero-order chi connectivity index (χ0) is 28.0. The van der Waals surface area contributed by atoms with Crippen molar-refractivity contribution in [3.05, 3.63) is 59.9 Å². The van der Waals surface area contributed by atoms with Crippen LogP contribution in [0.3, 0.4) is 0 Å². The third-order valence-electron chi connectivity index (χ3n) is 8.38. The van der Waals surface area contributed by atoms with Crippen LogP contribution in [0, 0.1) is 22.6 Å². The number of carbonyl (C=O) groups is 1. The van der Waals surface area contributed by atoms with E-state index in [9.17, 15) is 14.4 Å². The highest BCUT2D eigenvalue weighted by Gasteiger charge is 2.33. The number of piperidine rings is 1. The van der Waals surface area contributed by atoms with Gasteiger partial charge in [0.15, 0.2) is 0 Å². The Morgan fingerprint density at radius 2 is 1.85 bits per heavy atom. The lowest BCUT2D eigenvalue weighted by molar-refractivity contribution is -0.114. The Hall–Kier alpha value is -3.74. The van der Waals surface area contributed by atoms with Crippen molar-refractivity contribution in [2.75, 3.05) is 43.0 Å². The second kappa shape index (κ2) is 12.6. The molecular weight excluding hydrogens is 507 g/mol. The molecule has 2 aromatic carbocycles. The summed E-state index contributed by atoms with van der Waals surface area (Å²) < 4.78 is 22.0. The first-order valence-corrected chi connectivity index (χ1v) is 14.2. The number of aldehydes is 1. The van der Waals surface area contributed by atoms with E-state index in [-0.39, 0.29) is 23.7 Å². The molecule has 210 valence electrons. The van der Waals surface area contributed by atoms with Crippen molar-refractivity contribution in [3.8, 4) is 23.0 Å². The molecule has 0 atom stereocenters. The van der Waals surface area contributed by atoms with Gasteiger partial charge in [0, 0.05) is 37.0 Å². The molecule has 2 fully saturated rings. The maximum atomic E-state index is 14.6. The van der Waals surface area contributed by atoms with E-state index in [2.05, 4.69) is 22.3 Å². The molecule has 0 bridgehead atoms. The fourth-order valence-corrected chi connectivity index (χ4v) is 6.12. The van der Waals surface area contributed by atoms with Crippen molar-refractivity contribution >= 4 is 17.8 Å². The van der Waals surface area contributed by atoms with E-state index in [0.29, 0.717) is 12.1 Å². The zero-order valence-corrected chi connectivity index (χ0v) is 22.8. The minimum Gasteiger partial charge on any atom is -0.371 e. The topological polar surface area (TPSA) is 109 Å². The molecule has 3 N–H and O–H groups in total. The summed E-state index contributed by atoms with van der Waals surface area (Å²) in [5.74, 6) is 0.176. The third-order valence-corrected chi connectivity index (χ3v) is 8.38. The van der Waals surface area contributed by atoms with Crippen LogP contribution in [0.5, 0.6) is 0 Å². The summed E-state index contributed by atoms with van der Waals surface area (Å²) in [4.78, 5) is 12.9. The number of ether oxygens (including phenoxy) is 1. The summed E-state index contributed by atoms with van der Waals surface area (Å²) in [7, 11) is 0. The first-order chi connectivity index (χ1) is 19.5. The Balaban J connectivity index is 1.39. The van der Waals surface area contributed by atoms with E-state index in [1.807, 2.05) is 29.0 Å². The monoisotopic (exact) mass is 544 g/mol. The highest BCUT2D eigenvalue weighted by Crippen LogP contribution is 2.41. The number of hydrogen-bond acceptors (Lipinski definition) is 7. The lowest BCUT2D eigenvalue weighted by Crippen LogP contribution is -2.37. The summed E-state index contributed by atoms with van der Waals surface area (Å²) in [6, 6.07) is 16.7. The van der Waals surface area contributed by atoms with Crippen LogP contribution in [0.15, 0.2) is 48.5 Å². The van der Waals surface area contributed by atoms with Gasteiger partial charge in [0.05, 0.1) is 23.0 Å². The number of rotatable bonds is 11. The van der Waals surface area contributed by atoms with Crippen molar-refractivity contribution in [3.63, 3.8) is 0 Å². The predicted octanol–water partition coefficient (Wildman–Crippen LogP) is 5.06. The lowest BCUT2D eigenvalue weighted by Gasteiger charge is -2.33. The second-order valence-corrected chi connectivity index (χ2v) is 10.9. The van der Waals surface area contributed by atoms with Crippen LogP contribution in [0.1, 0.15) is 50.5 Å². The highest BCUT2D eigenvalue weighted by molar-refractivity contribution is 5.67. The molecular formula is C31H37FN6O2. The van der Waals surface area contributed by atoms with Crippen molar-refractivity contribution in [2.45, 2.75) is 51.0 Å². The number of nitrogens with two attached hydrogens (primary N) is 1. The first-order valence-electron chi connectivity index (χ1n) is 14.2. The molecule has 1 aliphatic heterocycles. The van der Waals surface area contributed by atoms with Gasteiger partial charge in [0.25, 0.3) is 0 Å². The molecule has 0 spiro atoms. The molecule has 3 aromatic rings. The van der Waals surface area contributed by atoms with Crippen molar-refractivity contribution in [1.82, 2.24) is 9.78 Å². The first kappa shape index (κ1) is 27.8. The minimum absolute atomic E-state index is 0.0165. The summed E-state index contributed by atoms with van der Waals surface area (Å²) in [6.45, 7) is 3.34. The average molecular weight is 545 g/mol. The molecule has 1 aliphatic carbocycles. The van der Waals surface area contributed by atoms with E-state index in [1.165, 1.54) is 25.0 Å². The van der Waals surface area contributed by atoms with Crippen LogP contribution in [-0.2, 0) is 9.53 Å². The molecule has 0 unspecified atom stereocenters. The van der Waals surface area contributed by atoms with E-state index < -0.39 is 5.82 Å². The molecule has 9 heteroatoms. The number of hydrogen-bond donors (Lipinski definition) is 2. The van der Waals surface area contributed by atoms with E-state index in [1.54, 1.807) is 6.07 Å². The number of nitrogens with zero attached hydrogens (tertiary/aromatic N) is 4. The van der Waals surface area contributed by atoms with Crippen LogP contribution < -0.4 is 16.0 Å². The predicted molar refractivity (Wildman–Crippen MR) is 154 cm³/mol. The molecule has 1 saturated heterocycles. The number of anilines is 2. The molecule has 2 aliphatic rings. The second-order valence-electron chi connectivity index (χ2n) is 10.9. The number of nitriles is 1. The molecule has 0 radical (unpaired) electrons. The van der Waals surface area contributed by atoms with Gasteiger partial charge in [-0.15, -0.1) is 5.10 Å². The normalized spacial score (nSPS) is 17.1. The Labute approximate surface area is 234 Å². The van der Waals surface area contributed by atoms with Crippen LogP contribution >= 0.6 is 0 Å². The van der Waals surface area contributed by atoms with Gasteiger partial charge in [-0.3, -0.25) is 0 Å². The molecule has 8 nitrogen and oxygen atoms in total. The summed E-state index contributed by atoms with van der Waals surface area (Å²) >= 11 is 0. The molecule has 5 rings (SSSR count). The van der Waals surface area contributed by atoms with Gasteiger partial charge in [-0.2, -0.15) is 5.26 Å². The van der Waals surface area contributed by atoms with E-state index >= 15 is 0 Å². The standard InChI is InChI=1S/C31H37FN6O2/c32-28-19-23(3-4-24(28)21-34)29-20-30(35-22-31(13-14-33)11-1-2-12-31)36-38(29)26-7-5-25(6-8-26)37-15-9-27(10-16-37)40-18-17-39/h3-8,17,19-20,27H,1-2,9-16,18,22,33H2,(H,35,36).